The second-order valence-electron chi connectivity index (χ2n) is 4.35. The van der Waals surface area contributed by atoms with Gasteiger partial charge in [0.25, 0.3) is 0 Å². The minimum Gasteiger partial charge on any atom is -0.506 e. The average Bonchev–Trinajstić information content (AvgIpc) is 2.70. The quantitative estimate of drug-likeness (QED) is 0.573. The predicted octanol–water partition coefficient (Wildman–Crippen LogP) is 1.06. The van der Waals surface area contributed by atoms with E-state index < -0.39 is 10.0 Å². The topological polar surface area (TPSA) is 118 Å². The summed E-state index contributed by atoms with van der Waals surface area (Å²) < 4.78 is 31.6. The molecule has 2 rings (SSSR count). The van der Waals surface area contributed by atoms with Gasteiger partial charge in [0.15, 0.2) is 0 Å². The molecule has 0 bridgehead atoms. The Morgan fingerprint density at radius 2 is 2.10 bits per heavy atom. The molecule has 108 valence electrons. The Kier molecular flexibility index (Phi) is 3.69. The van der Waals surface area contributed by atoms with Crippen LogP contribution in [0.25, 0.3) is 0 Å². The highest BCUT2D eigenvalue weighted by atomic mass is 32.2. The summed E-state index contributed by atoms with van der Waals surface area (Å²) in [5.74, 6) is 0.407. The summed E-state index contributed by atoms with van der Waals surface area (Å²) in [7, 11) is -3.72. The number of phenols is 1. The molecule has 20 heavy (non-hydrogen) atoms. The van der Waals surface area contributed by atoms with E-state index in [9.17, 15) is 13.5 Å². The number of sulfonamides is 1. The Bertz CT molecular complexity index is 718. The molecule has 2 aromatic rings. The zero-order valence-electron chi connectivity index (χ0n) is 11.0. The molecule has 8 heteroatoms. The Morgan fingerprint density at radius 3 is 2.65 bits per heavy atom. The molecule has 1 aromatic heterocycles. The van der Waals surface area contributed by atoms with E-state index in [1.165, 1.54) is 18.2 Å². The third-order valence-corrected chi connectivity index (χ3v) is 4.33. The second kappa shape index (κ2) is 5.14. The molecule has 1 heterocycles. The smallest absolute Gasteiger partial charge is 0.240 e. The van der Waals surface area contributed by atoms with E-state index in [0.29, 0.717) is 17.0 Å². The number of hydrogen-bond acceptors (Lipinski definition) is 6. The number of nitrogens with zero attached hydrogens (tertiary/aromatic N) is 1. The molecule has 0 atom stereocenters. The highest BCUT2D eigenvalue weighted by Crippen LogP contribution is 2.23. The van der Waals surface area contributed by atoms with Gasteiger partial charge in [0.2, 0.25) is 10.0 Å². The molecular weight excluding hydrogens is 282 g/mol. The molecular formula is C12H15N3O4S. The number of aryl methyl sites for hydroxylation is 2. The lowest BCUT2D eigenvalue weighted by Gasteiger charge is -2.08. The van der Waals surface area contributed by atoms with E-state index in [0.717, 1.165) is 0 Å². The maximum Gasteiger partial charge on any atom is 0.240 e. The zero-order valence-corrected chi connectivity index (χ0v) is 11.9. The number of aromatic nitrogens is 1. The van der Waals surface area contributed by atoms with E-state index in [1.807, 2.05) is 0 Å². The minimum atomic E-state index is -3.72. The number of phenolic OH excluding ortho intramolecular Hbond substituents is 1. The first-order valence-electron chi connectivity index (χ1n) is 5.81. The summed E-state index contributed by atoms with van der Waals surface area (Å²) in [4.78, 5) is -0.0143. The SMILES string of the molecule is Cc1noc(C)c1CNS(=O)(=O)c1ccc(O)c(N)c1. The fraction of sp³-hybridized carbons (Fsp3) is 0.250. The van der Waals surface area contributed by atoms with Gasteiger partial charge in [0.05, 0.1) is 16.3 Å². The number of nitrogens with two attached hydrogens (primary N) is 1. The molecule has 0 fully saturated rings. The van der Waals surface area contributed by atoms with E-state index in [-0.39, 0.29) is 22.9 Å². The molecule has 0 spiro atoms. The summed E-state index contributed by atoms with van der Waals surface area (Å²) in [6.45, 7) is 3.52. The van der Waals surface area contributed by atoms with Crippen molar-refractivity contribution in [1.82, 2.24) is 9.88 Å². The summed E-state index contributed by atoms with van der Waals surface area (Å²) in [6.07, 6.45) is 0. The molecule has 0 unspecified atom stereocenters. The monoisotopic (exact) mass is 297 g/mol. The van der Waals surface area contributed by atoms with Crippen LogP contribution in [0.5, 0.6) is 5.75 Å². The third kappa shape index (κ3) is 2.75. The molecule has 0 aliphatic heterocycles. The van der Waals surface area contributed by atoms with Crippen molar-refractivity contribution >= 4 is 15.7 Å². The lowest BCUT2D eigenvalue weighted by molar-refractivity contribution is 0.392. The summed E-state index contributed by atoms with van der Waals surface area (Å²) in [5, 5.41) is 13.1. The average molecular weight is 297 g/mol. The van der Waals surface area contributed by atoms with E-state index in [2.05, 4.69) is 9.88 Å². The van der Waals surface area contributed by atoms with Gasteiger partial charge in [-0.2, -0.15) is 0 Å². The highest BCUT2D eigenvalue weighted by molar-refractivity contribution is 7.89. The summed E-state index contributed by atoms with van der Waals surface area (Å²) in [6, 6.07) is 3.71. The number of anilines is 1. The zero-order chi connectivity index (χ0) is 14.9. The van der Waals surface area contributed by atoms with Gasteiger partial charge in [-0.25, -0.2) is 13.1 Å². The van der Waals surface area contributed by atoms with Crippen LogP contribution in [0.15, 0.2) is 27.6 Å². The molecule has 0 radical (unpaired) electrons. The number of nitrogen functional groups attached to an aromatic ring is 1. The van der Waals surface area contributed by atoms with E-state index in [1.54, 1.807) is 13.8 Å². The molecule has 0 amide bonds. The number of rotatable bonds is 4. The van der Waals surface area contributed by atoms with Gasteiger partial charge in [-0.1, -0.05) is 5.16 Å². The maximum atomic E-state index is 12.1. The van der Waals surface area contributed by atoms with Gasteiger partial charge in [0, 0.05) is 12.1 Å². The van der Waals surface area contributed by atoms with Crippen molar-refractivity contribution in [2.75, 3.05) is 5.73 Å². The first kappa shape index (κ1) is 14.4. The van der Waals surface area contributed by atoms with Crippen molar-refractivity contribution in [2.24, 2.45) is 0 Å². The fourth-order valence-electron chi connectivity index (χ4n) is 1.70. The molecule has 4 N–H and O–H groups in total. The van der Waals surface area contributed by atoms with Crippen LogP contribution in [0.1, 0.15) is 17.0 Å². The fourth-order valence-corrected chi connectivity index (χ4v) is 2.73. The maximum absolute atomic E-state index is 12.1. The van der Waals surface area contributed by atoms with Gasteiger partial charge < -0.3 is 15.4 Å². The molecule has 0 saturated heterocycles. The van der Waals surface area contributed by atoms with Crippen LogP contribution in [-0.2, 0) is 16.6 Å². The number of hydrogen-bond donors (Lipinski definition) is 3. The van der Waals surface area contributed by atoms with Crippen LogP contribution >= 0.6 is 0 Å². The van der Waals surface area contributed by atoms with Crippen LogP contribution in [0, 0.1) is 13.8 Å². The van der Waals surface area contributed by atoms with Gasteiger partial charge in [-0.3, -0.25) is 0 Å². The van der Waals surface area contributed by atoms with E-state index >= 15 is 0 Å². The molecule has 1 aromatic carbocycles. The lowest BCUT2D eigenvalue weighted by atomic mass is 10.2. The Morgan fingerprint density at radius 1 is 1.40 bits per heavy atom. The van der Waals surface area contributed by atoms with Crippen molar-refractivity contribution in [3.8, 4) is 5.75 Å². The molecule has 0 saturated carbocycles. The Labute approximate surface area is 116 Å². The van der Waals surface area contributed by atoms with Crippen LogP contribution in [0.4, 0.5) is 5.69 Å². The molecule has 7 nitrogen and oxygen atoms in total. The van der Waals surface area contributed by atoms with Crippen LogP contribution in [0.3, 0.4) is 0 Å². The predicted molar refractivity (Wildman–Crippen MR) is 72.5 cm³/mol. The Balaban J connectivity index is 2.21. The molecule has 0 aliphatic rings. The van der Waals surface area contributed by atoms with E-state index in [4.69, 9.17) is 10.3 Å². The molecule has 0 aliphatic carbocycles. The van der Waals surface area contributed by atoms with Gasteiger partial charge >= 0.3 is 0 Å². The minimum absolute atomic E-state index is 0.00483. The number of nitrogens with one attached hydrogen (secondary N) is 1. The van der Waals surface area contributed by atoms with Crippen LogP contribution in [-0.4, -0.2) is 18.7 Å². The van der Waals surface area contributed by atoms with Crippen molar-refractivity contribution in [2.45, 2.75) is 25.3 Å². The normalized spacial score (nSPS) is 11.7. The summed E-state index contributed by atoms with van der Waals surface area (Å²) in [5.41, 5.74) is 6.82. The summed E-state index contributed by atoms with van der Waals surface area (Å²) >= 11 is 0. The third-order valence-electron chi connectivity index (χ3n) is 2.93. The van der Waals surface area contributed by atoms with Gasteiger partial charge in [0.1, 0.15) is 11.5 Å². The van der Waals surface area contributed by atoms with Gasteiger partial charge in [-0.05, 0) is 32.0 Å². The van der Waals surface area contributed by atoms with Crippen molar-refractivity contribution in [1.29, 1.82) is 0 Å². The van der Waals surface area contributed by atoms with Gasteiger partial charge in [-0.15, -0.1) is 0 Å². The lowest BCUT2D eigenvalue weighted by Crippen LogP contribution is -2.23. The van der Waals surface area contributed by atoms with Crippen molar-refractivity contribution in [3.63, 3.8) is 0 Å². The van der Waals surface area contributed by atoms with Crippen molar-refractivity contribution < 1.29 is 18.0 Å². The van der Waals surface area contributed by atoms with Crippen LogP contribution in [0.2, 0.25) is 0 Å². The van der Waals surface area contributed by atoms with Crippen LogP contribution < -0.4 is 10.5 Å². The van der Waals surface area contributed by atoms with Crippen molar-refractivity contribution in [3.05, 3.63) is 35.2 Å². The largest absolute Gasteiger partial charge is 0.506 e. The second-order valence-corrected chi connectivity index (χ2v) is 6.11. The number of benzene rings is 1. The standard InChI is InChI=1S/C12H15N3O4S/c1-7-10(8(2)19-15-7)6-14-20(17,18)9-3-4-12(16)11(13)5-9/h3-5,14,16H,6,13H2,1-2H3. The number of aromatic hydroxyl groups is 1. The highest BCUT2D eigenvalue weighted by Gasteiger charge is 2.17. The first-order chi connectivity index (χ1) is 9.31. The Hall–Kier alpha value is -2.06. The first-order valence-corrected chi connectivity index (χ1v) is 7.29.